The van der Waals surface area contributed by atoms with Gasteiger partial charge in [-0.1, -0.05) is 18.2 Å². The van der Waals surface area contributed by atoms with Crippen LogP contribution in [-0.4, -0.2) is 26.6 Å². The zero-order chi connectivity index (χ0) is 12.6. The summed E-state index contributed by atoms with van der Waals surface area (Å²) in [5.41, 5.74) is 0.0326. The van der Waals surface area contributed by atoms with Gasteiger partial charge in [-0.2, -0.15) is 0 Å². The Morgan fingerprint density at radius 1 is 1.35 bits per heavy atom. The van der Waals surface area contributed by atoms with Crippen LogP contribution in [0.3, 0.4) is 0 Å². The number of fused-ring (bicyclic) bond motifs is 1. The van der Waals surface area contributed by atoms with Crippen LogP contribution in [-0.2, 0) is 20.4 Å². The molecule has 0 amide bonds. The van der Waals surface area contributed by atoms with E-state index in [9.17, 15) is 18.9 Å². The maximum absolute atomic E-state index is 11.9. The van der Waals surface area contributed by atoms with Crippen molar-refractivity contribution in [3.8, 4) is 0 Å². The summed E-state index contributed by atoms with van der Waals surface area (Å²) in [4.78, 5) is 23.4. The normalized spacial score (nSPS) is 19.8. The Morgan fingerprint density at radius 3 is 2.65 bits per heavy atom. The SMILES string of the molecule is CC(=O)C1=C(O)c2ccccc2S(=O)CC1=O. The van der Waals surface area contributed by atoms with Crippen molar-refractivity contribution < 1.29 is 18.9 Å². The minimum absolute atomic E-state index is 0.261. The molecule has 1 aliphatic rings. The molecule has 1 aliphatic heterocycles. The van der Waals surface area contributed by atoms with Gasteiger partial charge < -0.3 is 5.11 Å². The van der Waals surface area contributed by atoms with Crippen molar-refractivity contribution in [1.82, 2.24) is 0 Å². The van der Waals surface area contributed by atoms with Crippen molar-refractivity contribution in [3.63, 3.8) is 0 Å². The number of rotatable bonds is 1. The van der Waals surface area contributed by atoms with E-state index in [-0.39, 0.29) is 17.1 Å². The molecular weight excluding hydrogens is 240 g/mol. The third kappa shape index (κ3) is 1.93. The van der Waals surface area contributed by atoms with Crippen LogP contribution in [0.5, 0.6) is 0 Å². The molecule has 0 saturated heterocycles. The maximum Gasteiger partial charge on any atom is 0.183 e. The lowest BCUT2D eigenvalue weighted by atomic mass is 10.0. The van der Waals surface area contributed by atoms with Crippen molar-refractivity contribution in [2.45, 2.75) is 11.8 Å². The van der Waals surface area contributed by atoms with Gasteiger partial charge in [-0.25, -0.2) is 0 Å². The minimum atomic E-state index is -1.52. The lowest BCUT2D eigenvalue weighted by Gasteiger charge is -2.04. The van der Waals surface area contributed by atoms with Gasteiger partial charge >= 0.3 is 0 Å². The molecule has 0 spiro atoms. The lowest BCUT2D eigenvalue weighted by Crippen LogP contribution is -2.16. The molecule has 0 aliphatic carbocycles. The molecule has 88 valence electrons. The molecule has 4 nitrogen and oxygen atoms in total. The first-order valence-electron chi connectivity index (χ1n) is 4.97. The summed E-state index contributed by atoms with van der Waals surface area (Å²) in [6.07, 6.45) is 0. The smallest absolute Gasteiger partial charge is 0.183 e. The lowest BCUT2D eigenvalue weighted by molar-refractivity contribution is -0.119. The van der Waals surface area contributed by atoms with E-state index in [1.807, 2.05) is 0 Å². The number of hydrogen-bond donors (Lipinski definition) is 1. The number of aliphatic hydroxyl groups is 1. The maximum atomic E-state index is 11.9. The molecule has 0 radical (unpaired) electrons. The molecule has 0 aromatic heterocycles. The Kier molecular flexibility index (Phi) is 2.93. The van der Waals surface area contributed by atoms with Crippen LogP contribution >= 0.6 is 0 Å². The second-order valence-corrected chi connectivity index (χ2v) is 5.11. The molecule has 1 aromatic carbocycles. The minimum Gasteiger partial charge on any atom is -0.506 e. The van der Waals surface area contributed by atoms with Crippen molar-refractivity contribution in [2.75, 3.05) is 5.75 Å². The van der Waals surface area contributed by atoms with E-state index in [4.69, 9.17) is 0 Å². The zero-order valence-corrected chi connectivity index (χ0v) is 9.91. The van der Waals surface area contributed by atoms with Gasteiger partial charge in [0.2, 0.25) is 0 Å². The summed E-state index contributed by atoms with van der Waals surface area (Å²) in [6.45, 7) is 1.21. The van der Waals surface area contributed by atoms with E-state index in [2.05, 4.69) is 0 Å². The second kappa shape index (κ2) is 4.25. The van der Waals surface area contributed by atoms with E-state index in [0.29, 0.717) is 10.5 Å². The van der Waals surface area contributed by atoms with Gasteiger partial charge in [-0.05, 0) is 13.0 Å². The Hall–Kier alpha value is -1.75. The van der Waals surface area contributed by atoms with E-state index in [1.54, 1.807) is 24.3 Å². The predicted molar refractivity (Wildman–Crippen MR) is 63.0 cm³/mol. The van der Waals surface area contributed by atoms with Gasteiger partial charge in [0.15, 0.2) is 11.6 Å². The first-order valence-corrected chi connectivity index (χ1v) is 6.29. The molecule has 1 atom stereocenters. The molecule has 1 unspecified atom stereocenters. The molecular formula is C12H10O4S. The molecule has 17 heavy (non-hydrogen) atoms. The van der Waals surface area contributed by atoms with E-state index in [1.165, 1.54) is 6.92 Å². The number of Topliss-reactive ketones (excluding diaryl/α,β-unsaturated/α-hetero) is 2. The first kappa shape index (κ1) is 11.7. The average Bonchev–Trinajstić information content (AvgIpc) is 2.36. The molecule has 2 rings (SSSR count). The monoisotopic (exact) mass is 250 g/mol. The van der Waals surface area contributed by atoms with Gasteiger partial charge in [-0.3, -0.25) is 13.8 Å². The summed E-state index contributed by atoms with van der Waals surface area (Å²) in [7, 11) is -1.52. The molecule has 1 heterocycles. The Morgan fingerprint density at radius 2 is 2.00 bits per heavy atom. The van der Waals surface area contributed by atoms with Crippen LogP contribution in [0.15, 0.2) is 34.7 Å². The quantitative estimate of drug-likeness (QED) is 0.761. The molecule has 1 N–H and O–H groups in total. The Labute approximate surface area is 100 Å². The number of allylic oxidation sites excluding steroid dienone is 1. The number of carbonyl (C=O) groups is 2. The Balaban J connectivity index is 2.75. The highest BCUT2D eigenvalue weighted by molar-refractivity contribution is 7.86. The second-order valence-electron chi connectivity index (χ2n) is 3.69. The molecule has 1 aromatic rings. The van der Waals surface area contributed by atoms with Crippen molar-refractivity contribution in [1.29, 1.82) is 0 Å². The standard InChI is InChI=1S/C12H10O4S/c1-7(13)11-9(14)6-17(16)10-5-3-2-4-8(10)12(11)15/h2-5,15H,6H2,1H3. The number of ketones is 2. The number of hydrogen-bond acceptors (Lipinski definition) is 4. The molecule has 0 saturated carbocycles. The van der Waals surface area contributed by atoms with E-state index in [0.717, 1.165) is 0 Å². The van der Waals surface area contributed by atoms with E-state index >= 15 is 0 Å². The molecule has 0 bridgehead atoms. The summed E-state index contributed by atoms with van der Waals surface area (Å²) in [5, 5.41) is 9.96. The number of carbonyl (C=O) groups excluding carboxylic acids is 2. The van der Waals surface area contributed by atoms with Crippen molar-refractivity contribution in [3.05, 3.63) is 35.4 Å². The van der Waals surface area contributed by atoms with Gasteiger partial charge in [0.25, 0.3) is 0 Å². The third-order valence-electron chi connectivity index (χ3n) is 2.52. The van der Waals surface area contributed by atoms with Crippen LogP contribution in [0, 0.1) is 0 Å². The first-order chi connectivity index (χ1) is 8.02. The van der Waals surface area contributed by atoms with Crippen molar-refractivity contribution in [2.24, 2.45) is 0 Å². The predicted octanol–water partition coefficient (Wildman–Crippen LogP) is 1.24. The topological polar surface area (TPSA) is 71.4 Å². The zero-order valence-electron chi connectivity index (χ0n) is 9.10. The van der Waals surface area contributed by atoms with Crippen LogP contribution in [0.25, 0.3) is 5.76 Å². The highest BCUT2D eigenvalue weighted by Gasteiger charge is 2.29. The fraction of sp³-hybridized carbons (Fsp3) is 0.167. The summed E-state index contributed by atoms with van der Waals surface area (Å²) < 4.78 is 11.9. The van der Waals surface area contributed by atoms with Gasteiger partial charge in [0.05, 0.1) is 21.4 Å². The molecule has 0 fully saturated rings. The van der Waals surface area contributed by atoms with Gasteiger partial charge in [0.1, 0.15) is 11.3 Å². The summed E-state index contributed by atoms with van der Waals surface area (Å²) in [5.74, 6) is -1.73. The third-order valence-corrected chi connectivity index (χ3v) is 3.89. The Bertz CT molecular complexity index is 572. The van der Waals surface area contributed by atoms with Crippen LogP contribution in [0.4, 0.5) is 0 Å². The van der Waals surface area contributed by atoms with Crippen molar-refractivity contribution >= 4 is 28.1 Å². The van der Waals surface area contributed by atoms with Crippen LogP contribution in [0.1, 0.15) is 12.5 Å². The fourth-order valence-electron chi connectivity index (χ4n) is 1.76. The van der Waals surface area contributed by atoms with Gasteiger partial charge in [0, 0.05) is 5.56 Å². The average molecular weight is 250 g/mol. The summed E-state index contributed by atoms with van der Waals surface area (Å²) >= 11 is 0. The largest absolute Gasteiger partial charge is 0.506 e. The van der Waals surface area contributed by atoms with E-state index < -0.39 is 22.4 Å². The molecule has 5 heteroatoms. The van der Waals surface area contributed by atoms with Gasteiger partial charge in [-0.15, -0.1) is 0 Å². The highest BCUT2D eigenvalue weighted by atomic mass is 32.2. The van der Waals surface area contributed by atoms with Crippen LogP contribution in [0.2, 0.25) is 0 Å². The van der Waals surface area contributed by atoms with Crippen LogP contribution < -0.4 is 0 Å². The summed E-state index contributed by atoms with van der Waals surface area (Å²) in [6, 6.07) is 6.45. The fourth-order valence-corrected chi connectivity index (χ4v) is 2.94. The highest BCUT2D eigenvalue weighted by Crippen LogP contribution is 2.27. The number of aliphatic hydroxyl groups excluding tert-OH is 1. The number of benzene rings is 1.